The van der Waals surface area contributed by atoms with Crippen molar-refractivity contribution >= 4 is 11.9 Å². The van der Waals surface area contributed by atoms with Crippen LogP contribution in [0.2, 0.25) is 0 Å². The maximum atomic E-state index is 12.6. The first-order valence-corrected chi connectivity index (χ1v) is 8.21. The number of carboxylic acids is 1. The van der Waals surface area contributed by atoms with E-state index in [1.807, 2.05) is 4.90 Å². The van der Waals surface area contributed by atoms with Crippen molar-refractivity contribution in [1.82, 2.24) is 9.80 Å². The van der Waals surface area contributed by atoms with Crippen LogP contribution in [-0.2, 0) is 9.59 Å². The van der Waals surface area contributed by atoms with Crippen molar-refractivity contribution in [3.05, 3.63) is 0 Å². The largest absolute Gasteiger partial charge is 0.481 e. The molecule has 1 amide bonds. The molecule has 21 heavy (non-hydrogen) atoms. The van der Waals surface area contributed by atoms with E-state index in [9.17, 15) is 9.59 Å². The van der Waals surface area contributed by atoms with Crippen LogP contribution in [0.3, 0.4) is 0 Å². The molecule has 1 heterocycles. The molecule has 0 aromatic rings. The second-order valence-electron chi connectivity index (χ2n) is 6.92. The lowest BCUT2D eigenvalue weighted by molar-refractivity contribution is -0.141. The molecule has 0 aromatic carbocycles. The first kappa shape index (κ1) is 16.3. The highest BCUT2D eigenvalue weighted by atomic mass is 16.4. The van der Waals surface area contributed by atoms with Crippen LogP contribution in [0.4, 0.5) is 0 Å². The van der Waals surface area contributed by atoms with Crippen molar-refractivity contribution in [3.63, 3.8) is 0 Å². The molecule has 1 aliphatic carbocycles. The van der Waals surface area contributed by atoms with Crippen molar-refractivity contribution in [2.45, 2.75) is 39.5 Å². The van der Waals surface area contributed by atoms with E-state index in [0.717, 1.165) is 45.6 Å². The number of rotatable bonds is 4. The maximum Gasteiger partial charge on any atom is 0.306 e. The van der Waals surface area contributed by atoms with Crippen molar-refractivity contribution in [2.75, 3.05) is 32.7 Å². The van der Waals surface area contributed by atoms with Gasteiger partial charge < -0.3 is 14.9 Å². The average molecular weight is 296 g/mol. The molecule has 0 bridgehead atoms. The third-order valence-electron chi connectivity index (χ3n) is 4.65. The molecule has 1 aliphatic heterocycles. The summed E-state index contributed by atoms with van der Waals surface area (Å²) in [5.74, 6) is -0.293. The normalized spacial score (nSPS) is 27.9. The highest BCUT2D eigenvalue weighted by molar-refractivity contribution is 5.81. The van der Waals surface area contributed by atoms with E-state index < -0.39 is 5.97 Å². The zero-order chi connectivity index (χ0) is 15.4. The summed E-state index contributed by atoms with van der Waals surface area (Å²) < 4.78 is 0. The molecule has 2 rings (SSSR count). The van der Waals surface area contributed by atoms with E-state index in [4.69, 9.17) is 5.11 Å². The maximum absolute atomic E-state index is 12.6. The highest BCUT2D eigenvalue weighted by Gasteiger charge is 2.36. The molecule has 1 saturated carbocycles. The summed E-state index contributed by atoms with van der Waals surface area (Å²) in [6, 6.07) is 0. The van der Waals surface area contributed by atoms with Gasteiger partial charge in [0.2, 0.25) is 5.91 Å². The van der Waals surface area contributed by atoms with Crippen LogP contribution in [0.15, 0.2) is 0 Å². The number of carbonyl (C=O) groups is 2. The number of amides is 1. The minimum absolute atomic E-state index is 0.0669. The fourth-order valence-corrected chi connectivity index (χ4v) is 3.58. The van der Waals surface area contributed by atoms with E-state index in [-0.39, 0.29) is 17.7 Å². The molecular formula is C16H28N2O3. The topological polar surface area (TPSA) is 60.9 Å². The predicted molar refractivity (Wildman–Crippen MR) is 80.9 cm³/mol. The Morgan fingerprint density at radius 3 is 2.43 bits per heavy atom. The van der Waals surface area contributed by atoms with Crippen LogP contribution in [0.1, 0.15) is 39.5 Å². The molecule has 2 aliphatic rings. The van der Waals surface area contributed by atoms with Gasteiger partial charge in [0.1, 0.15) is 0 Å². The Hall–Kier alpha value is -1.10. The molecule has 0 aromatic heterocycles. The van der Waals surface area contributed by atoms with Crippen molar-refractivity contribution in [1.29, 1.82) is 0 Å². The Morgan fingerprint density at radius 2 is 1.81 bits per heavy atom. The van der Waals surface area contributed by atoms with E-state index in [1.165, 1.54) is 0 Å². The SMILES string of the molecule is CC(C)CN1CCCN(C(=O)[C@H]2CC[C@@H](C(=O)O)C2)CC1. The standard InChI is InChI=1S/C16H28N2O3/c1-12(2)11-17-6-3-7-18(9-8-17)15(19)13-4-5-14(10-13)16(20)21/h12-14H,3-11H2,1-2H3,(H,20,21)/t13-,14+/m0/s1. The minimum Gasteiger partial charge on any atom is -0.481 e. The lowest BCUT2D eigenvalue weighted by Gasteiger charge is -2.25. The van der Waals surface area contributed by atoms with Gasteiger partial charge in [0, 0.05) is 32.1 Å². The van der Waals surface area contributed by atoms with Gasteiger partial charge >= 0.3 is 5.97 Å². The summed E-state index contributed by atoms with van der Waals surface area (Å²) in [6.07, 6.45) is 2.94. The highest BCUT2D eigenvalue weighted by Crippen LogP contribution is 2.32. The fraction of sp³-hybridized carbons (Fsp3) is 0.875. The second-order valence-corrected chi connectivity index (χ2v) is 6.92. The molecule has 5 nitrogen and oxygen atoms in total. The van der Waals surface area contributed by atoms with E-state index in [2.05, 4.69) is 18.7 Å². The zero-order valence-corrected chi connectivity index (χ0v) is 13.3. The van der Waals surface area contributed by atoms with Gasteiger partial charge in [-0.25, -0.2) is 0 Å². The summed E-state index contributed by atoms with van der Waals surface area (Å²) in [5.41, 5.74) is 0. The first-order valence-electron chi connectivity index (χ1n) is 8.21. The fourth-order valence-electron chi connectivity index (χ4n) is 3.58. The molecule has 1 saturated heterocycles. The number of carbonyl (C=O) groups excluding carboxylic acids is 1. The van der Waals surface area contributed by atoms with Crippen molar-refractivity contribution in [3.8, 4) is 0 Å². The van der Waals surface area contributed by atoms with Crippen molar-refractivity contribution < 1.29 is 14.7 Å². The van der Waals surface area contributed by atoms with Crippen LogP contribution in [0.5, 0.6) is 0 Å². The lowest BCUT2D eigenvalue weighted by atomic mass is 10.0. The van der Waals surface area contributed by atoms with Crippen LogP contribution < -0.4 is 0 Å². The third-order valence-corrected chi connectivity index (χ3v) is 4.65. The van der Waals surface area contributed by atoms with E-state index >= 15 is 0 Å². The Bertz CT molecular complexity index is 384. The van der Waals surface area contributed by atoms with Gasteiger partial charge in [0.05, 0.1) is 5.92 Å². The predicted octanol–water partition coefficient (Wildman–Crippen LogP) is 1.68. The number of hydrogen-bond acceptors (Lipinski definition) is 3. The van der Waals surface area contributed by atoms with Gasteiger partial charge in [0.15, 0.2) is 0 Å². The molecule has 0 unspecified atom stereocenters. The molecule has 5 heteroatoms. The third kappa shape index (κ3) is 4.43. The van der Waals surface area contributed by atoms with Gasteiger partial charge in [-0.15, -0.1) is 0 Å². The monoisotopic (exact) mass is 296 g/mol. The molecule has 2 atom stereocenters. The Labute approximate surface area is 127 Å². The Kier molecular flexibility index (Phi) is 5.62. The molecule has 2 fully saturated rings. The van der Waals surface area contributed by atoms with Crippen LogP contribution in [-0.4, -0.2) is 59.5 Å². The van der Waals surface area contributed by atoms with Crippen molar-refractivity contribution in [2.24, 2.45) is 17.8 Å². The van der Waals surface area contributed by atoms with Crippen LogP contribution in [0.25, 0.3) is 0 Å². The summed E-state index contributed by atoms with van der Waals surface area (Å²) in [5, 5.41) is 9.06. The Morgan fingerprint density at radius 1 is 1.10 bits per heavy atom. The molecular weight excluding hydrogens is 268 g/mol. The average Bonchev–Trinajstić information content (AvgIpc) is 2.80. The summed E-state index contributed by atoms with van der Waals surface area (Å²) in [6.45, 7) is 9.15. The van der Waals surface area contributed by atoms with Gasteiger partial charge in [0.25, 0.3) is 0 Å². The smallest absolute Gasteiger partial charge is 0.306 e. The van der Waals surface area contributed by atoms with Gasteiger partial charge in [-0.05, 0) is 38.1 Å². The first-order chi connectivity index (χ1) is 9.97. The minimum atomic E-state index is -0.746. The van der Waals surface area contributed by atoms with Gasteiger partial charge in [-0.3, -0.25) is 9.59 Å². The zero-order valence-electron chi connectivity index (χ0n) is 13.3. The summed E-state index contributed by atoms with van der Waals surface area (Å²) in [4.78, 5) is 28.0. The van der Waals surface area contributed by atoms with Gasteiger partial charge in [-0.2, -0.15) is 0 Å². The quantitative estimate of drug-likeness (QED) is 0.857. The molecule has 120 valence electrons. The molecule has 0 spiro atoms. The van der Waals surface area contributed by atoms with E-state index in [1.54, 1.807) is 0 Å². The number of aliphatic carboxylic acids is 1. The van der Waals surface area contributed by atoms with Gasteiger partial charge in [-0.1, -0.05) is 13.8 Å². The number of nitrogens with zero attached hydrogens (tertiary/aromatic N) is 2. The molecule has 1 N–H and O–H groups in total. The molecule has 0 radical (unpaired) electrons. The van der Waals surface area contributed by atoms with Crippen LogP contribution >= 0.6 is 0 Å². The van der Waals surface area contributed by atoms with E-state index in [0.29, 0.717) is 18.8 Å². The number of carboxylic acid groups (broad SMARTS) is 1. The summed E-state index contributed by atoms with van der Waals surface area (Å²) >= 11 is 0. The summed E-state index contributed by atoms with van der Waals surface area (Å²) in [7, 11) is 0. The lowest BCUT2D eigenvalue weighted by Crippen LogP contribution is -2.39. The van der Waals surface area contributed by atoms with Crippen LogP contribution in [0, 0.1) is 17.8 Å². The Balaban J connectivity index is 1.85. The number of hydrogen-bond donors (Lipinski definition) is 1. The second kappa shape index (κ2) is 7.25.